The maximum Gasteiger partial charge on any atom is 0.149 e. The van der Waals surface area contributed by atoms with Crippen LogP contribution in [0.5, 0.6) is 0 Å². The van der Waals surface area contributed by atoms with Gasteiger partial charge in [0, 0.05) is 31.3 Å². The van der Waals surface area contributed by atoms with Crippen LogP contribution in [-0.2, 0) is 0 Å². The molecule has 0 unspecified atom stereocenters. The molecule has 1 N–H and O–H groups in total. The third kappa shape index (κ3) is 2.72. The lowest BCUT2D eigenvalue weighted by atomic mass is 9.98. The van der Waals surface area contributed by atoms with E-state index in [-0.39, 0.29) is 5.92 Å². The van der Waals surface area contributed by atoms with E-state index in [4.69, 9.17) is 5.21 Å². The number of rotatable bonds is 2. The summed E-state index contributed by atoms with van der Waals surface area (Å²) in [6.45, 7) is 1.36. The number of halogens is 2. The molecule has 1 heterocycles. The van der Waals surface area contributed by atoms with E-state index in [1.54, 1.807) is 0 Å². The highest BCUT2D eigenvalue weighted by Crippen LogP contribution is 2.25. The molecular formula is C12H14F2N2O. The summed E-state index contributed by atoms with van der Waals surface area (Å²) in [4.78, 5) is 1.89. The first-order valence-corrected chi connectivity index (χ1v) is 5.58. The van der Waals surface area contributed by atoms with E-state index in [9.17, 15) is 8.78 Å². The molecule has 0 spiro atoms. The summed E-state index contributed by atoms with van der Waals surface area (Å²) in [6, 6.07) is 3.63. The predicted molar refractivity (Wildman–Crippen MR) is 61.6 cm³/mol. The molecule has 17 heavy (non-hydrogen) atoms. The predicted octanol–water partition coefficient (Wildman–Crippen LogP) is 2.64. The highest BCUT2D eigenvalue weighted by molar-refractivity contribution is 5.61. The van der Waals surface area contributed by atoms with Crippen molar-refractivity contribution in [3.63, 3.8) is 0 Å². The first kappa shape index (κ1) is 11.8. The van der Waals surface area contributed by atoms with Gasteiger partial charge in [0.15, 0.2) is 0 Å². The van der Waals surface area contributed by atoms with E-state index in [2.05, 4.69) is 5.16 Å². The maximum absolute atomic E-state index is 13.5. The Hall–Kier alpha value is -1.65. The smallest absolute Gasteiger partial charge is 0.149 e. The van der Waals surface area contributed by atoms with E-state index < -0.39 is 11.6 Å². The van der Waals surface area contributed by atoms with Gasteiger partial charge < -0.3 is 10.1 Å². The van der Waals surface area contributed by atoms with Crippen molar-refractivity contribution >= 4 is 11.9 Å². The zero-order chi connectivity index (χ0) is 12.3. The maximum atomic E-state index is 13.5. The van der Waals surface area contributed by atoms with E-state index in [1.807, 2.05) is 4.90 Å². The monoisotopic (exact) mass is 240 g/mol. The number of anilines is 1. The lowest BCUT2D eigenvalue weighted by Crippen LogP contribution is -2.34. The lowest BCUT2D eigenvalue weighted by Gasteiger charge is -2.32. The fourth-order valence-corrected chi connectivity index (χ4v) is 2.12. The van der Waals surface area contributed by atoms with Gasteiger partial charge in [0.2, 0.25) is 0 Å². The highest BCUT2D eigenvalue weighted by atomic mass is 19.1. The van der Waals surface area contributed by atoms with Gasteiger partial charge >= 0.3 is 0 Å². The third-order valence-corrected chi connectivity index (χ3v) is 3.07. The topological polar surface area (TPSA) is 35.8 Å². The van der Waals surface area contributed by atoms with Gasteiger partial charge in [0.25, 0.3) is 0 Å². The Kier molecular flexibility index (Phi) is 3.56. The number of nitrogens with zero attached hydrogens (tertiary/aromatic N) is 2. The van der Waals surface area contributed by atoms with E-state index in [1.165, 1.54) is 18.3 Å². The number of oxime groups is 1. The molecule has 5 heteroatoms. The van der Waals surface area contributed by atoms with Crippen LogP contribution in [0.2, 0.25) is 0 Å². The molecule has 1 aromatic rings. The molecule has 2 rings (SSSR count). The summed E-state index contributed by atoms with van der Waals surface area (Å²) in [5, 5.41) is 11.4. The van der Waals surface area contributed by atoms with Gasteiger partial charge in [0.05, 0.1) is 5.69 Å². The van der Waals surface area contributed by atoms with Gasteiger partial charge in [-0.2, -0.15) is 0 Å². The Morgan fingerprint density at radius 2 is 2.00 bits per heavy atom. The lowest BCUT2D eigenvalue weighted by molar-refractivity contribution is 0.316. The molecule has 92 valence electrons. The van der Waals surface area contributed by atoms with Gasteiger partial charge in [-0.15, -0.1) is 5.16 Å². The molecule has 0 aromatic heterocycles. The second kappa shape index (κ2) is 5.12. The standard InChI is InChI=1S/C12H14F2N2O/c13-10-1-2-12(11(14)7-10)16-5-3-9(4-6-16)8-15-17/h1-2,7-9,17H,3-6H2/b15-8+. The molecule has 0 atom stereocenters. The Labute approximate surface area is 98.3 Å². The molecule has 0 aliphatic carbocycles. The molecule has 1 aliphatic heterocycles. The van der Waals surface area contributed by atoms with E-state index >= 15 is 0 Å². The number of piperidine rings is 1. The van der Waals surface area contributed by atoms with Crippen LogP contribution in [0.3, 0.4) is 0 Å². The van der Waals surface area contributed by atoms with Crippen molar-refractivity contribution in [2.24, 2.45) is 11.1 Å². The molecule has 0 radical (unpaired) electrons. The minimum Gasteiger partial charge on any atom is -0.411 e. The van der Waals surface area contributed by atoms with Crippen LogP contribution in [-0.4, -0.2) is 24.5 Å². The summed E-state index contributed by atoms with van der Waals surface area (Å²) in [6.07, 6.45) is 3.13. The molecule has 0 saturated carbocycles. The molecule has 1 saturated heterocycles. The highest BCUT2D eigenvalue weighted by Gasteiger charge is 2.20. The second-order valence-corrected chi connectivity index (χ2v) is 4.18. The average Bonchev–Trinajstić information content (AvgIpc) is 2.31. The summed E-state index contributed by atoms with van der Waals surface area (Å²) in [5.41, 5.74) is 0.436. The Balaban J connectivity index is 2.05. The molecule has 0 bridgehead atoms. The van der Waals surface area contributed by atoms with Gasteiger partial charge in [0.1, 0.15) is 11.6 Å². The van der Waals surface area contributed by atoms with Gasteiger partial charge in [-0.25, -0.2) is 8.78 Å². The molecular weight excluding hydrogens is 226 g/mol. The first-order valence-electron chi connectivity index (χ1n) is 5.58. The Bertz CT molecular complexity index is 415. The Morgan fingerprint density at radius 1 is 1.29 bits per heavy atom. The molecule has 0 amide bonds. The van der Waals surface area contributed by atoms with Crippen molar-refractivity contribution < 1.29 is 14.0 Å². The van der Waals surface area contributed by atoms with Crippen LogP contribution in [0.4, 0.5) is 14.5 Å². The third-order valence-electron chi connectivity index (χ3n) is 3.07. The fourth-order valence-electron chi connectivity index (χ4n) is 2.12. The fraction of sp³-hybridized carbons (Fsp3) is 0.417. The normalized spacial score (nSPS) is 17.9. The SMILES string of the molecule is O/N=C/C1CCN(c2ccc(F)cc2F)CC1. The van der Waals surface area contributed by atoms with Crippen LogP contribution in [0.15, 0.2) is 23.4 Å². The molecule has 1 aliphatic rings. The average molecular weight is 240 g/mol. The summed E-state index contributed by atoms with van der Waals surface area (Å²) in [7, 11) is 0. The quantitative estimate of drug-likeness (QED) is 0.490. The largest absolute Gasteiger partial charge is 0.411 e. The summed E-state index contributed by atoms with van der Waals surface area (Å²) in [5.74, 6) is -0.854. The van der Waals surface area contributed by atoms with E-state index in [0.29, 0.717) is 18.8 Å². The van der Waals surface area contributed by atoms with Crippen molar-refractivity contribution in [3.8, 4) is 0 Å². The molecule has 1 aromatic carbocycles. The van der Waals surface area contributed by atoms with Crippen LogP contribution in [0.25, 0.3) is 0 Å². The minimum atomic E-state index is -0.562. The molecule has 1 fully saturated rings. The van der Waals surface area contributed by atoms with Gasteiger partial charge in [-0.05, 0) is 25.0 Å². The van der Waals surface area contributed by atoms with Crippen molar-refractivity contribution in [1.29, 1.82) is 0 Å². The van der Waals surface area contributed by atoms with E-state index in [0.717, 1.165) is 18.9 Å². The number of hydrogen-bond donors (Lipinski definition) is 1. The minimum absolute atomic E-state index is 0.236. The van der Waals surface area contributed by atoms with Gasteiger partial charge in [-0.3, -0.25) is 0 Å². The first-order chi connectivity index (χ1) is 8.20. The van der Waals surface area contributed by atoms with Crippen molar-refractivity contribution in [2.75, 3.05) is 18.0 Å². The van der Waals surface area contributed by atoms with Crippen LogP contribution in [0, 0.1) is 17.6 Å². The van der Waals surface area contributed by atoms with Crippen molar-refractivity contribution in [3.05, 3.63) is 29.8 Å². The zero-order valence-corrected chi connectivity index (χ0v) is 9.31. The van der Waals surface area contributed by atoms with Crippen LogP contribution >= 0.6 is 0 Å². The molecule has 3 nitrogen and oxygen atoms in total. The van der Waals surface area contributed by atoms with Gasteiger partial charge in [-0.1, -0.05) is 0 Å². The van der Waals surface area contributed by atoms with Crippen LogP contribution < -0.4 is 4.90 Å². The number of hydrogen-bond acceptors (Lipinski definition) is 3. The summed E-state index contributed by atoms with van der Waals surface area (Å²) >= 11 is 0. The zero-order valence-electron chi connectivity index (χ0n) is 9.31. The van der Waals surface area contributed by atoms with Crippen molar-refractivity contribution in [1.82, 2.24) is 0 Å². The van der Waals surface area contributed by atoms with Crippen LogP contribution in [0.1, 0.15) is 12.8 Å². The summed E-state index contributed by atoms with van der Waals surface area (Å²) < 4.78 is 26.3. The Morgan fingerprint density at radius 3 is 2.59 bits per heavy atom. The van der Waals surface area contributed by atoms with Crippen molar-refractivity contribution in [2.45, 2.75) is 12.8 Å². The second-order valence-electron chi connectivity index (χ2n) is 4.18. The number of benzene rings is 1.